The van der Waals surface area contributed by atoms with E-state index in [4.69, 9.17) is 18.0 Å². The molecule has 2 aromatic carbocycles. The summed E-state index contributed by atoms with van der Waals surface area (Å²) in [4.78, 5) is 0.107. The highest BCUT2D eigenvalue weighted by atomic mass is 32.1. The molecular weight excluding hydrogens is 285 g/mol. The number of benzene rings is 2. The monoisotopic (exact) mass is 296 g/mol. The number of nitrogens with two attached hydrogens (primary N) is 1. The van der Waals surface area contributed by atoms with Crippen molar-refractivity contribution in [1.82, 2.24) is 0 Å². The van der Waals surface area contributed by atoms with E-state index in [1.54, 1.807) is 6.07 Å². The fourth-order valence-electron chi connectivity index (χ4n) is 1.66. The molecule has 2 nitrogen and oxygen atoms in total. The van der Waals surface area contributed by atoms with Crippen molar-refractivity contribution in [1.29, 1.82) is 0 Å². The topological polar surface area (TPSA) is 38.0 Å². The van der Waals surface area contributed by atoms with E-state index in [-0.39, 0.29) is 17.2 Å². The molecule has 0 aromatic heterocycles. The van der Waals surface area contributed by atoms with Crippen molar-refractivity contribution in [2.24, 2.45) is 5.73 Å². The number of hydrogen-bond acceptors (Lipinski definition) is 2. The lowest BCUT2D eigenvalue weighted by Gasteiger charge is -2.09. The maximum atomic E-state index is 13.7. The summed E-state index contributed by atoms with van der Waals surface area (Å²) in [5.41, 5.74) is 6.56. The lowest BCUT2D eigenvalue weighted by molar-refractivity contribution is 0.507. The van der Waals surface area contributed by atoms with Crippen LogP contribution in [0.3, 0.4) is 0 Å². The number of nitrogens with one attached hydrogen (secondary N) is 1. The summed E-state index contributed by atoms with van der Waals surface area (Å²) < 4.78 is 39.5. The third-order valence-corrected chi connectivity index (χ3v) is 2.96. The van der Waals surface area contributed by atoms with E-state index in [1.165, 1.54) is 18.2 Å². The van der Waals surface area contributed by atoms with E-state index in [0.29, 0.717) is 11.1 Å². The summed E-state index contributed by atoms with van der Waals surface area (Å²) in [6.07, 6.45) is 0. The van der Waals surface area contributed by atoms with Crippen LogP contribution in [0.15, 0.2) is 36.4 Å². The molecule has 0 aliphatic carbocycles. The minimum Gasteiger partial charge on any atom is -0.389 e. The molecule has 2 aromatic rings. The zero-order valence-corrected chi connectivity index (χ0v) is 11.1. The smallest absolute Gasteiger partial charge is 0.159 e. The molecule has 6 heteroatoms. The van der Waals surface area contributed by atoms with E-state index < -0.39 is 17.5 Å². The molecule has 20 heavy (non-hydrogen) atoms. The molecule has 0 saturated heterocycles. The molecular formula is C14H11F3N2S. The quantitative estimate of drug-likeness (QED) is 0.850. The van der Waals surface area contributed by atoms with Crippen LogP contribution < -0.4 is 11.1 Å². The van der Waals surface area contributed by atoms with Crippen molar-refractivity contribution in [3.8, 4) is 0 Å². The van der Waals surface area contributed by atoms with Crippen LogP contribution in [0.2, 0.25) is 0 Å². The molecule has 0 radical (unpaired) electrons. The zero-order valence-electron chi connectivity index (χ0n) is 10.3. The minimum atomic E-state index is -0.936. The van der Waals surface area contributed by atoms with E-state index in [1.807, 2.05) is 0 Å². The third-order valence-electron chi connectivity index (χ3n) is 2.72. The van der Waals surface area contributed by atoms with Gasteiger partial charge >= 0.3 is 0 Å². The summed E-state index contributed by atoms with van der Waals surface area (Å²) in [5, 5.41) is 2.79. The Bertz CT molecular complexity index is 659. The highest BCUT2D eigenvalue weighted by Crippen LogP contribution is 2.17. The van der Waals surface area contributed by atoms with Gasteiger partial charge in [0.25, 0.3) is 0 Å². The average Bonchev–Trinajstić information content (AvgIpc) is 2.41. The normalized spacial score (nSPS) is 10.3. The first-order valence-electron chi connectivity index (χ1n) is 5.74. The fourth-order valence-corrected chi connectivity index (χ4v) is 1.79. The summed E-state index contributed by atoms with van der Waals surface area (Å²) in [7, 11) is 0. The van der Waals surface area contributed by atoms with E-state index in [2.05, 4.69) is 5.32 Å². The van der Waals surface area contributed by atoms with E-state index in [9.17, 15) is 13.2 Å². The number of hydrogen-bond donors (Lipinski definition) is 2. The van der Waals surface area contributed by atoms with Gasteiger partial charge in [-0.2, -0.15) is 0 Å². The van der Waals surface area contributed by atoms with Crippen LogP contribution in [0.25, 0.3) is 0 Å². The molecule has 0 saturated carbocycles. The lowest BCUT2D eigenvalue weighted by atomic mass is 10.1. The Balaban J connectivity index is 2.10. The van der Waals surface area contributed by atoms with Crippen LogP contribution in [0, 0.1) is 17.5 Å². The second kappa shape index (κ2) is 5.92. The first kappa shape index (κ1) is 14.3. The third kappa shape index (κ3) is 3.27. The van der Waals surface area contributed by atoms with Gasteiger partial charge in [0.1, 0.15) is 10.8 Å². The number of halogens is 3. The van der Waals surface area contributed by atoms with Crippen molar-refractivity contribution in [3.05, 3.63) is 65.0 Å². The predicted molar refractivity (Wildman–Crippen MR) is 76.0 cm³/mol. The lowest BCUT2D eigenvalue weighted by Crippen LogP contribution is -2.10. The molecule has 2 rings (SSSR count). The Kier molecular flexibility index (Phi) is 4.24. The van der Waals surface area contributed by atoms with Gasteiger partial charge in [-0.05, 0) is 35.9 Å². The van der Waals surface area contributed by atoms with Crippen LogP contribution in [0.1, 0.15) is 11.1 Å². The number of rotatable bonds is 4. The Labute approximate surface area is 119 Å². The maximum absolute atomic E-state index is 13.7. The molecule has 0 amide bonds. The zero-order chi connectivity index (χ0) is 14.7. The Morgan fingerprint density at radius 2 is 1.75 bits per heavy atom. The second-order valence-corrected chi connectivity index (χ2v) is 4.60. The van der Waals surface area contributed by atoms with Crippen LogP contribution >= 0.6 is 12.2 Å². The van der Waals surface area contributed by atoms with Crippen molar-refractivity contribution in [2.75, 3.05) is 5.32 Å². The number of thiocarbonyl (C=S) groups is 1. The predicted octanol–water partition coefficient (Wildman–Crippen LogP) is 3.35. The second-order valence-electron chi connectivity index (χ2n) is 4.16. The van der Waals surface area contributed by atoms with Crippen LogP contribution in [0.5, 0.6) is 0 Å². The molecule has 0 aliphatic heterocycles. The largest absolute Gasteiger partial charge is 0.389 e. The first-order valence-corrected chi connectivity index (χ1v) is 6.15. The molecule has 0 atom stereocenters. The SMILES string of the molecule is NC(=S)c1ccc(NCc2ccc(F)c(F)c2)c(F)c1. The minimum absolute atomic E-state index is 0.107. The van der Waals surface area contributed by atoms with Gasteiger partial charge in [-0.3, -0.25) is 0 Å². The molecule has 0 fully saturated rings. The summed E-state index contributed by atoms with van der Waals surface area (Å²) in [5.74, 6) is -2.37. The maximum Gasteiger partial charge on any atom is 0.159 e. The van der Waals surface area contributed by atoms with Crippen molar-refractivity contribution in [2.45, 2.75) is 6.54 Å². The molecule has 104 valence electrons. The van der Waals surface area contributed by atoms with Crippen LogP contribution in [-0.2, 0) is 6.54 Å². The van der Waals surface area contributed by atoms with Gasteiger partial charge in [-0.15, -0.1) is 0 Å². The Morgan fingerprint density at radius 1 is 1.00 bits per heavy atom. The van der Waals surface area contributed by atoms with Gasteiger partial charge in [0.15, 0.2) is 11.6 Å². The molecule has 0 bridgehead atoms. The number of anilines is 1. The first-order chi connectivity index (χ1) is 9.47. The fraction of sp³-hybridized carbons (Fsp3) is 0.0714. The Hall–Kier alpha value is -2.08. The molecule has 0 unspecified atom stereocenters. The van der Waals surface area contributed by atoms with Crippen LogP contribution in [-0.4, -0.2) is 4.99 Å². The van der Waals surface area contributed by atoms with Crippen molar-refractivity contribution < 1.29 is 13.2 Å². The van der Waals surface area contributed by atoms with Gasteiger partial charge < -0.3 is 11.1 Å². The average molecular weight is 296 g/mol. The molecule has 3 N–H and O–H groups in total. The summed E-state index contributed by atoms with van der Waals surface area (Å²) in [6.45, 7) is 0.167. The molecule has 0 aliphatic rings. The standard InChI is InChI=1S/C14H11F3N2S/c15-10-3-1-8(5-11(10)16)7-19-13-4-2-9(14(18)20)6-12(13)17/h1-6,19H,7H2,(H2,18,20). The van der Waals surface area contributed by atoms with E-state index >= 15 is 0 Å². The molecule has 0 spiro atoms. The van der Waals surface area contributed by atoms with Gasteiger partial charge in [0.2, 0.25) is 0 Å². The van der Waals surface area contributed by atoms with Gasteiger partial charge in [-0.25, -0.2) is 13.2 Å². The molecule has 0 heterocycles. The van der Waals surface area contributed by atoms with Crippen molar-refractivity contribution >= 4 is 22.9 Å². The van der Waals surface area contributed by atoms with Gasteiger partial charge in [0, 0.05) is 12.1 Å². The Morgan fingerprint density at radius 3 is 2.35 bits per heavy atom. The highest BCUT2D eigenvalue weighted by Gasteiger charge is 2.06. The van der Waals surface area contributed by atoms with E-state index in [0.717, 1.165) is 12.1 Å². The van der Waals surface area contributed by atoms with Gasteiger partial charge in [-0.1, -0.05) is 18.3 Å². The highest BCUT2D eigenvalue weighted by molar-refractivity contribution is 7.80. The van der Waals surface area contributed by atoms with Crippen LogP contribution in [0.4, 0.5) is 18.9 Å². The summed E-state index contributed by atoms with van der Waals surface area (Å²) >= 11 is 4.75. The van der Waals surface area contributed by atoms with Gasteiger partial charge in [0.05, 0.1) is 5.69 Å². The van der Waals surface area contributed by atoms with Crippen molar-refractivity contribution in [3.63, 3.8) is 0 Å². The summed E-state index contributed by atoms with van der Waals surface area (Å²) in [6, 6.07) is 7.80.